The topological polar surface area (TPSA) is 41.5 Å². The number of methoxy groups -OCH3 is 1. The highest BCUT2D eigenvalue weighted by Crippen LogP contribution is 2.31. The molecule has 0 fully saturated rings. The minimum atomic E-state index is -0.367. The number of nitrogens with one attached hydrogen (secondary N) is 1. The van der Waals surface area contributed by atoms with E-state index in [2.05, 4.69) is 29.6 Å². The lowest BCUT2D eigenvalue weighted by atomic mass is 10.0. The average molecular weight is 267 g/mol. The molecular weight excluding hydrogens is 246 g/mol. The number of hydrogen-bond donors (Lipinski definition) is 2. The molecule has 0 saturated heterocycles. The minimum absolute atomic E-state index is 0.367. The molecule has 0 spiro atoms. The molecule has 0 radical (unpaired) electrons. The molecule has 2 unspecified atom stereocenters. The Morgan fingerprint density at radius 1 is 1.50 bits per heavy atom. The second-order valence-corrected chi connectivity index (χ2v) is 5.65. The first-order chi connectivity index (χ1) is 8.81. The van der Waals surface area contributed by atoms with Gasteiger partial charge in [-0.15, -0.1) is 0 Å². The standard InChI is InChI=1S/C14H21NO2S/c1-17-8-12(16)6-7-15-14-10-18-9-11-4-2-3-5-13(11)14/h2-5,12,14-16H,6-10H2,1H3. The molecule has 1 aliphatic rings. The number of benzene rings is 1. The van der Waals surface area contributed by atoms with Crippen LogP contribution in [0.25, 0.3) is 0 Å². The van der Waals surface area contributed by atoms with E-state index < -0.39 is 0 Å². The Hall–Kier alpha value is -0.550. The smallest absolute Gasteiger partial charge is 0.0785 e. The van der Waals surface area contributed by atoms with E-state index in [0.717, 1.165) is 24.5 Å². The summed E-state index contributed by atoms with van der Waals surface area (Å²) in [6.07, 6.45) is 0.367. The first kappa shape index (κ1) is 13.9. The van der Waals surface area contributed by atoms with E-state index in [0.29, 0.717) is 12.6 Å². The summed E-state index contributed by atoms with van der Waals surface area (Å²) in [5, 5.41) is 13.1. The highest BCUT2D eigenvalue weighted by molar-refractivity contribution is 7.98. The molecule has 0 saturated carbocycles. The van der Waals surface area contributed by atoms with Crippen LogP contribution < -0.4 is 5.32 Å². The van der Waals surface area contributed by atoms with Gasteiger partial charge in [-0.05, 0) is 24.1 Å². The van der Waals surface area contributed by atoms with E-state index in [4.69, 9.17) is 4.74 Å². The van der Waals surface area contributed by atoms with Crippen molar-refractivity contribution in [2.45, 2.75) is 24.3 Å². The molecule has 0 bridgehead atoms. The summed E-state index contributed by atoms with van der Waals surface area (Å²) in [5.41, 5.74) is 2.85. The average Bonchev–Trinajstić information content (AvgIpc) is 2.39. The van der Waals surface area contributed by atoms with Gasteiger partial charge in [0.1, 0.15) is 0 Å². The predicted molar refractivity (Wildman–Crippen MR) is 75.8 cm³/mol. The largest absolute Gasteiger partial charge is 0.391 e. The van der Waals surface area contributed by atoms with Crippen LogP contribution in [0.5, 0.6) is 0 Å². The van der Waals surface area contributed by atoms with Crippen LogP contribution in [-0.2, 0) is 10.5 Å². The van der Waals surface area contributed by atoms with Crippen LogP contribution >= 0.6 is 11.8 Å². The van der Waals surface area contributed by atoms with Gasteiger partial charge < -0.3 is 15.2 Å². The molecule has 1 aromatic rings. The summed E-state index contributed by atoms with van der Waals surface area (Å²) in [4.78, 5) is 0. The summed E-state index contributed by atoms with van der Waals surface area (Å²) >= 11 is 1.97. The van der Waals surface area contributed by atoms with Crippen LogP contribution in [0.2, 0.25) is 0 Å². The maximum absolute atomic E-state index is 9.60. The van der Waals surface area contributed by atoms with E-state index in [1.165, 1.54) is 11.1 Å². The third-order valence-corrected chi connectivity index (χ3v) is 4.28. The Morgan fingerprint density at radius 3 is 3.17 bits per heavy atom. The molecule has 0 amide bonds. The molecular formula is C14H21NO2S. The van der Waals surface area contributed by atoms with Crippen LogP contribution in [-0.4, -0.2) is 37.2 Å². The Balaban J connectivity index is 1.84. The molecule has 18 heavy (non-hydrogen) atoms. The molecule has 1 aliphatic heterocycles. The van der Waals surface area contributed by atoms with Gasteiger partial charge >= 0.3 is 0 Å². The van der Waals surface area contributed by atoms with E-state index in [1.54, 1.807) is 7.11 Å². The fraction of sp³-hybridized carbons (Fsp3) is 0.571. The van der Waals surface area contributed by atoms with Crippen molar-refractivity contribution in [2.75, 3.05) is 26.0 Å². The van der Waals surface area contributed by atoms with Crippen LogP contribution in [0.1, 0.15) is 23.6 Å². The summed E-state index contributed by atoms with van der Waals surface area (Å²) < 4.78 is 4.92. The van der Waals surface area contributed by atoms with Crippen LogP contribution in [0.15, 0.2) is 24.3 Å². The fourth-order valence-electron chi connectivity index (χ4n) is 2.25. The van der Waals surface area contributed by atoms with Gasteiger partial charge in [0.15, 0.2) is 0 Å². The highest BCUT2D eigenvalue weighted by Gasteiger charge is 2.19. The zero-order valence-electron chi connectivity index (χ0n) is 10.8. The Morgan fingerprint density at radius 2 is 2.33 bits per heavy atom. The normalized spacial score (nSPS) is 20.4. The molecule has 1 aromatic carbocycles. The SMILES string of the molecule is COCC(O)CCNC1CSCc2ccccc21. The van der Waals surface area contributed by atoms with E-state index in [9.17, 15) is 5.11 Å². The molecule has 100 valence electrons. The number of aliphatic hydroxyl groups is 1. The Labute approximate surface area is 113 Å². The summed E-state index contributed by atoms with van der Waals surface area (Å²) in [5.74, 6) is 2.22. The summed E-state index contributed by atoms with van der Waals surface area (Å²) in [6.45, 7) is 1.24. The van der Waals surface area contributed by atoms with E-state index in [1.807, 2.05) is 11.8 Å². The second kappa shape index (κ2) is 7.14. The molecule has 0 aliphatic carbocycles. The van der Waals surface area contributed by atoms with Crippen molar-refractivity contribution in [3.05, 3.63) is 35.4 Å². The predicted octanol–water partition coefficient (Wildman–Crippen LogP) is 1.96. The van der Waals surface area contributed by atoms with Gasteiger partial charge in [-0.1, -0.05) is 24.3 Å². The van der Waals surface area contributed by atoms with Crippen LogP contribution in [0.3, 0.4) is 0 Å². The number of ether oxygens (including phenoxy) is 1. The zero-order valence-corrected chi connectivity index (χ0v) is 11.6. The maximum Gasteiger partial charge on any atom is 0.0785 e. The maximum atomic E-state index is 9.60. The molecule has 3 nitrogen and oxygen atoms in total. The van der Waals surface area contributed by atoms with Gasteiger partial charge in [0.25, 0.3) is 0 Å². The molecule has 2 atom stereocenters. The molecule has 2 rings (SSSR count). The van der Waals surface area contributed by atoms with E-state index >= 15 is 0 Å². The van der Waals surface area contributed by atoms with Crippen molar-refractivity contribution in [1.82, 2.24) is 5.32 Å². The van der Waals surface area contributed by atoms with Crippen molar-refractivity contribution < 1.29 is 9.84 Å². The minimum Gasteiger partial charge on any atom is -0.391 e. The van der Waals surface area contributed by atoms with E-state index in [-0.39, 0.29) is 6.10 Å². The number of fused-ring (bicyclic) bond motifs is 1. The van der Waals surface area contributed by atoms with Gasteiger partial charge in [-0.3, -0.25) is 0 Å². The van der Waals surface area contributed by atoms with Gasteiger partial charge in [0.2, 0.25) is 0 Å². The van der Waals surface area contributed by atoms with Crippen molar-refractivity contribution in [1.29, 1.82) is 0 Å². The molecule has 2 N–H and O–H groups in total. The monoisotopic (exact) mass is 267 g/mol. The van der Waals surface area contributed by atoms with Gasteiger partial charge in [0.05, 0.1) is 12.7 Å². The van der Waals surface area contributed by atoms with Crippen molar-refractivity contribution >= 4 is 11.8 Å². The third-order valence-electron chi connectivity index (χ3n) is 3.20. The zero-order chi connectivity index (χ0) is 12.8. The summed E-state index contributed by atoms with van der Waals surface area (Å²) in [7, 11) is 1.62. The van der Waals surface area contributed by atoms with Crippen molar-refractivity contribution in [3.63, 3.8) is 0 Å². The Bertz CT molecular complexity index is 373. The lowest BCUT2D eigenvalue weighted by molar-refractivity contribution is 0.0591. The summed E-state index contributed by atoms with van der Waals surface area (Å²) in [6, 6.07) is 9.02. The first-order valence-corrected chi connectivity index (χ1v) is 7.52. The second-order valence-electron chi connectivity index (χ2n) is 4.62. The first-order valence-electron chi connectivity index (χ1n) is 6.37. The lowest BCUT2D eigenvalue weighted by Crippen LogP contribution is -2.30. The van der Waals surface area contributed by atoms with Crippen molar-refractivity contribution in [3.8, 4) is 0 Å². The molecule has 0 aromatic heterocycles. The molecule has 4 heteroatoms. The number of rotatable bonds is 6. The Kier molecular flexibility index (Phi) is 5.50. The lowest BCUT2D eigenvalue weighted by Gasteiger charge is -2.26. The van der Waals surface area contributed by atoms with Gasteiger partial charge in [-0.25, -0.2) is 0 Å². The third kappa shape index (κ3) is 3.72. The van der Waals surface area contributed by atoms with Crippen LogP contribution in [0.4, 0.5) is 0 Å². The van der Waals surface area contributed by atoms with Gasteiger partial charge in [-0.2, -0.15) is 11.8 Å². The number of aliphatic hydroxyl groups excluding tert-OH is 1. The van der Waals surface area contributed by atoms with Crippen molar-refractivity contribution in [2.24, 2.45) is 0 Å². The van der Waals surface area contributed by atoms with Gasteiger partial charge in [0, 0.05) is 24.7 Å². The highest BCUT2D eigenvalue weighted by atomic mass is 32.2. The molecule has 1 heterocycles. The quantitative estimate of drug-likeness (QED) is 0.827. The number of hydrogen-bond acceptors (Lipinski definition) is 4. The number of thioether (sulfide) groups is 1. The van der Waals surface area contributed by atoms with Crippen LogP contribution in [0, 0.1) is 0 Å². The fourth-order valence-corrected chi connectivity index (χ4v) is 3.38.